The van der Waals surface area contributed by atoms with Gasteiger partial charge in [0.05, 0.1) is 22.1 Å². The van der Waals surface area contributed by atoms with Gasteiger partial charge >= 0.3 is 6.01 Å². The third-order valence-electron chi connectivity index (χ3n) is 6.19. The molecule has 3 heterocycles. The summed E-state index contributed by atoms with van der Waals surface area (Å²) in [6.45, 7) is 1.82. The van der Waals surface area contributed by atoms with Crippen LogP contribution in [0.1, 0.15) is 5.89 Å². The number of fused-ring (bicyclic) bond motifs is 7. The molecular weight excluding hydrogens is 396 g/mol. The molecule has 0 amide bonds. The Morgan fingerprint density at radius 1 is 0.562 bits per heavy atom. The van der Waals surface area contributed by atoms with Crippen molar-refractivity contribution in [2.24, 2.45) is 0 Å². The highest BCUT2D eigenvalue weighted by atomic mass is 16.4. The molecule has 0 saturated heterocycles. The smallest absolute Gasteiger partial charge is 0.327 e. The molecule has 0 aliphatic heterocycles. The van der Waals surface area contributed by atoms with E-state index in [-0.39, 0.29) is 0 Å². The summed E-state index contributed by atoms with van der Waals surface area (Å²) in [5, 5.41) is 13.2. The zero-order chi connectivity index (χ0) is 21.2. The average Bonchev–Trinajstić information content (AvgIpc) is 3.51. The molecule has 7 aromatic rings. The number of hydrogen-bond acceptors (Lipinski definition) is 3. The minimum atomic E-state index is 0.478. The van der Waals surface area contributed by atoms with Gasteiger partial charge in [-0.1, -0.05) is 71.8 Å². The first-order chi connectivity index (χ1) is 15.8. The van der Waals surface area contributed by atoms with Crippen molar-refractivity contribution in [1.82, 2.24) is 19.3 Å². The fourth-order valence-electron chi connectivity index (χ4n) is 4.92. The Morgan fingerprint density at radius 2 is 1.12 bits per heavy atom. The van der Waals surface area contributed by atoms with Crippen molar-refractivity contribution in [3.05, 3.63) is 96.9 Å². The Bertz CT molecular complexity index is 1790. The molecule has 5 nitrogen and oxygen atoms in total. The van der Waals surface area contributed by atoms with Crippen LogP contribution in [-0.4, -0.2) is 19.3 Å². The highest BCUT2D eigenvalue weighted by Gasteiger charge is 2.22. The van der Waals surface area contributed by atoms with Crippen LogP contribution in [0.4, 0.5) is 0 Å². The highest BCUT2D eigenvalue weighted by Crippen LogP contribution is 2.41. The summed E-state index contributed by atoms with van der Waals surface area (Å²) in [6.07, 6.45) is 0. The van der Waals surface area contributed by atoms with Gasteiger partial charge in [-0.05, 0) is 24.3 Å². The van der Waals surface area contributed by atoms with Crippen molar-refractivity contribution in [2.45, 2.75) is 6.92 Å². The lowest BCUT2D eigenvalue weighted by Gasteiger charge is -2.10. The van der Waals surface area contributed by atoms with E-state index in [1.54, 1.807) is 0 Å². The fraction of sp³-hybridized carbons (Fsp3) is 0.0370. The lowest BCUT2D eigenvalue weighted by atomic mass is 10.1. The summed E-state index contributed by atoms with van der Waals surface area (Å²) in [4.78, 5) is 0. The van der Waals surface area contributed by atoms with Gasteiger partial charge in [0, 0.05) is 34.2 Å². The van der Waals surface area contributed by atoms with Gasteiger partial charge in [0.2, 0.25) is 5.89 Å². The van der Waals surface area contributed by atoms with E-state index in [0.29, 0.717) is 11.9 Å². The second-order valence-electron chi connectivity index (χ2n) is 8.00. The topological polar surface area (TPSA) is 48.8 Å². The van der Waals surface area contributed by atoms with E-state index in [1.165, 1.54) is 16.3 Å². The molecule has 0 aliphatic rings. The van der Waals surface area contributed by atoms with Crippen LogP contribution in [0, 0.1) is 6.92 Å². The van der Waals surface area contributed by atoms with E-state index in [2.05, 4.69) is 98.2 Å². The third kappa shape index (κ3) is 2.22. The second kappa shape index (κ2) is 6.31. The Kier molecular flexibility index (Phi) is 3.41. The van der Waals surface area contributed by atoms with Crippen molar-refractivity contribution >= 4 is 43.6 Å². The maximum atomic E-state index is 5.94. The standard InChI is InChI=1S/C27H18N4O/c1-17-28-29-27(32-17)31-24-14-8-6-12-20(24)22-16-15-21-19-11-5-7-13-23(19)30(25(21)26(22)31)18-9-3-2-4-10-18/h2-16H,1H3. The Balaban J connectivity index is 1.80. The van der Waals surface area contributed by atoms with Crippen molar-refractivity contribution in [3.63, 3.8) is 0 Å². The van der Waals surface area contributed by atoms with E-state index in [1.807, 2.05) is 19.1 Å². The molecule has 152 valence electrons. The summed E-state index contributed by atoms with van der Waals surface area (Å²) >= 11 is 0. The fourth-order valence-corrected chi connectivity index (χ4v) is 4.92. The SMILES string of the molecule is Cc1nnc(-n2c3ccccc3c3ccc4c5ccccc5n(-c5ccccc5)c4c32)o1. The van der Waals surface area contributed by atoms with Gasteiger partial charge in [-0.3, -0.25) is 4.57 Å². The van der Waals surface area contributed by atoms with Gasteiger partial charge < -0.3 is 8.98 Å². The number of hydrogen-bond donors (Lipinski definition) is 0. The van der Waals surface area contributed by atoms with Crippen LogP contribution in [0.3, 0.4) is 0 Å². The first-order valence-electron chi connectivity index (χ1n) is 10.6. The van der Waals surface area contributed by atoms with Crippen molar-refractivity contribution in [3.8, 4) is 11.7 Å². The zero-order valence-corrected chi connectivity index (χ0v) is 17.4. The summed E-state index contributed by atoms with van der Waals surface area (Å²) in [6, 6.07) is 32.3. The normalized spacial score (nSPS) is 11.9. The van der Waals surface area contributed by atoms with Crippen LogP contribution in [0.2, 0.25) is 0 Å². The average molecular weight is 414 g/mol. The lowest BCUT2D eigenvalue weighted by Crippen LogP contribution is -1.98. The van der Waals surface area contributed by atoms with Gasteiger partial charge in [0.1, 0.15) is 0 Å². The predicted molar refractivity (Wildman–Crippen MR) is 128 cm³/mol. The third-order valence-corrected chi connectivity index (χ3v) is 6.19. The van der Waals surface area contributed by atoms with Gasteiger partial charge in [-0.15, -0.1) is 5.10 Å². The zero-order valence-electron chi connectivity index (χ0n) is 17.4. The number of aromatic nitrogens is 4. The number of nitrogens with zero attached hydrogens (tertiary/aromatic N) is 4. The number of para-hydroxylation sites is 3. The summed E-state index contributed by atoms with van der Waals surface area (Å²) in [7, 11) is 0. The van der Waals surface area contributed by atoms with E-state index in [4.69, 9.17) is 4.42 Å². The molecule has 7 rings (SSSR count). The predicted octanol–water partition coefficient (Wildman–Crippen LogP) is 6.57. The molecule has 0 fully saturated rings. The molecule has 0 bridgehead atoms. The van der Waals surface area contributed by atoms with Crippen LogP contribution < -0.4 is 0 Å². The molecule has 0 aliphatic carbocycles. The van der Waals surface area contributed by atoms with E-state index >= 15 is 0 Å². The van der Waals surface area contributed by atoms with E-state index < -0.39 is 0 Å². The summed E-state index contributed by atoms with van der Waals surface area (Å²) in [5.74, 6) is 0.543. The minimum absolute atomic E-state index is 0.478. The van der Waals surface area contributed by atoms with Crippen LogP contribution in [0.15, 0.2) is 95.4 Å². The quantitative estimate of drug-likeness (QED) is 0.321. The molecule has 0 radical (unpaired) electrons. The van der Waals surface area contributed by atoms with Crippen LogP contribution in [-0.2, 0) is 0 Å². The summed E-state index contributed by atoms with van der Waals surface area (Å²) < 4.78 is 10.4. The largest absolute Gasteiger partial charge is 0.408 e. The van der Waals surface area contributed by atoms with Crippen molar-refractivity contribution < 1.29 is 4.42 Å². The van der Waals surface area contributed by atoms with Crippen LogP contribution in [0.5, 0.6) is 0 Å². The molecule has 5 heteroatoms. The van der Waals surface area contributed by atoms with E-state index in [0.717, 1.165) is 33.0 Å². The molecule has 4 aromatic carbocycles. The molecule has 0 unspecified atom stereocenters. The number of benzene rings is 4. The molecule has 32 heavy (non-hydrogen) atoms. The first-order valence-corrected chi connectivity index (χ1v) is 10.6. The van der Waals surface area contributed by atoms with Crippen LogP contribution >= 0.6 is 0 Å². The maximum Gasteiger partial charge on any atom is 0.327 e. The van der Waals surface area contributed by atoms with Gasteiger partial charge in [-0.25, -0.2) is 0 Å². The van der Waals surface area contributed by atoms with Gasteiger partial charge in [0.15, 0.2) is 0 Å². The molecular formula is C27H18N4O. The Labute approximate surface area is 183 Å². The van der Waals surface area contributed by atoms with Crippen molar-refractivity contribution in [2.75, 3.05) is 0 Å². The van der Waals surface area contributed by atoms with Crippen molar-refractivity contribution in [1.29, 1.82) is 0 Å². The lowest BCUT2D eigenvalue weighted by molar-refractivity contribution is 0.502. The minimum Gasteiger partial charge on any atom is -0.408 e. The number of aryl methyl sites for hydroxylation is 1. The molecule has 0 atom stereocenters. The highest BCUT2D eigenvalue weighted by molar-refractivity contribution is 6.23. The van der Waals surface area contributed by atoms with Gasteiger partial charge in [0.25, 0.3) is 0 Å². The second-order valence-corrected chi connectivity index (χ2v) is 8.00. The molecule has 3 aromatic heterocycles. The summed E-state index contributed by atoms with van der Waals surface area (Å²) in [5.41, 5.74) is 5.52. The Hall–Kier alpha value is -4.38. The monoisotopic (exact) mass is 414 g/mol. The molecule has 0 spiro atoms. The van der Waals surface area contributed by atoms with Gasteiger partial charge in [-0.2, -0.15) is 0 Å². The first kappa shape index (κ1) is 17.3. The molecule has 0 saturated carbocycles. The van der Waals surface area contributed by atoms with Crippen LogP contribution in [0.25, 0.3) is 55.3 Å². The number of rotatable bonds is 2. The molecule has 0 N–H and O–H groups in total. The van der Waals surface area contributed by atoms with E-state index in [9.17, 15) is 0 Å². The Morgan fingerprint density at radius 3 is 1.75 bits per heavy atom. The maximum absolute atomic E-state index is 5.94.